The van der Waals surface area contributed by atoms with Crippen LogP contribution < -0.4 is 11.3 Å². The molecule has 24 heavy (non-hydrogen) atoms. The molecule has 1 saturated heterocycles. The lowest BCUT2D eigenvalue weighted by Gasteiger charge is -2.32. The Bertz CT molecular complexity index is 831. The van der Waals surface area contributed by atoms with Gasteiger partial charge in [-0.1, -0.05) is 6.07 Å². The number of carbonyl (C=O) groups is 1. The second-order valence-corrected chi connectivity index (χ2v) is 5.85. The van der Waals surface area contributed by atoms with Crippen molar-refractivity contribution in [3.63, 3.8) is 0 Å². The summed E-state index contributed by atoms with van der Waals surface area (Å²) in [5.41, 5.74) is 7.08. The number of hydrogen-bond acceptors (Lipinski definition) is 5. The number of nitrogens with two attached hydrogens (primary N) is 1. The summed E-state index contributed by atoms with van der Waals surface area (Å²) < 4.78 is 7.19. The summed E-state index contributed by atoms with van der Waals surface area (Å²) in [6.45, 7) is 2.99. The summed E-state index contributed by atoms with van der Waals surface area (Å²) >= 11 is 0. The third-order valence-electron chi connectivity index (χ3n) is 4.26. The van der Waals surface area contributed by atoms with Crippen molar-refractivity contribution in [2.24, 2.45) is 7.05 Å². The molecule has 2 N–H and O–H groups in total. The number of amides is 1. The fourth-order valence-corrected chi connectivity index (χ4v) is 2.72. The first kappa shape index (κ1) is 16.2. The van der Waals surface area contributed by atoms with E-state index in [9.17, 15) is 9.59 Å². The molecule has 126 valence electrons. The highest BCUT2D eigenvalue weighted by atomic mass is 16.5. The van der Waals surface area contributed by atoms with Gasteiger partial charge in [-0.25, -0.2) is 4.98 Å². The van der Waals surface area contributed by atoms with Gasteiger partial charge in [0.25, 0.3) is 11.5 Å². The Morgan fingerprint density at radius 2 is 2.12 bits per heavy atom. The molecule has 0 spiro atoms. The van der Waals surface area contributed by atoms with Crippen molar-refractivity contribution in [3.05, 3.63) is 57.6 Å². The largest absolute Gasteiger partial charge is 0.384 e. The second kappa shape index (κ2) is 6.45. The third kappa shape index (κ3) is 3.03. The van der Waals surface area contributed by atoms with E-state index in [2.05, 4.69) is 4.98 Å². The smallest absolute Gasteiger partial charge is 0.263 e. The van der Waals surface area contributed by atoms with Gasteiger partial charge >= 0.3 is 0 Å². The number of rotatable bonds is 2. The number of aromatic nitrogens is 2. The standard InChI is InChI=1S/C17H20N4O3/c1-11-6-7-12(16(22)20(11)2)17(23)21-8-9-24-14(10-21)13-4-3-5-15(18)19-13/h3-7,14H,8-10H2,1-2H3,(H2,18,19). The molecule has 3 heterocycles. The molecule has 1 unspecified atom stereocenters. The number of pyridine rings is 2. The van der Waals surface area contributed by atoms with Gasteiger partial charge in [-0.2, -0.15) is 0 Å². The quantitative estimate of drug-likeness (QED) is 0.884. The summed E-state index contributed by atoms with van der Waals surface area (Å²) in [4.78, 5) is 31.0. The molecule has 1 atom stereocenters. The lowest BCUT2D eigenvalue weighted by Crippen LogP contribution is -2.44. The van der Waals surface area contributed by atoms with Gasteiger partial charge in [0.1, 0.15) is 17.5 Å². The zero-order valence-corrected chi connectivity index (χ0v) is 13.7. The summed E-state index contributed by atoms with van der Waals surface area (Å²) in [6.07, 6.45) is -0.347. The van der Waals surface area contributed by atoms with Gasteiger partial charge in [0.15, 0.2) is 0 Å². The highest BCUT2D eigenvalue weighted by Crippen LogP contribution is 2.22. The molecule has 7 nitrogen and oxygen atoms in total. The van der Waals surface area contributed by atoms with Crippen LogP contribution in [-0.4, -0.2) is 40.1 Å². The van der Waals surface area contributed by atoms with Gasteiger partial charge in [-0.15, -0.1) is 0 Å². The van der Waals surface area contributed by atoms with E-state index in [-0.39, 0.29) is 23.1 Å². The van der Waals surface area contributed by atoms with E-state index in [0.717, 1.165) is 5.69 Å². The van der Waals surface area contributed by atoms with E-state index < -0.39 is 0 Å². The Kier molecular flexibility index (Phi) is 4.35. The average molecular weight is 328 g/mol. The fourth-order valence-electron chi connectivity index (χ4n) is 2.72. The van der Waals surface area contributed by atoms with Crippen LogP contribution in [0.15, 0.2) is 35.1 Å². The van der Waals surface area contributed by atoms with E-state index in [1.807, 2.05) is 13.0 Å². The summed E-state index contributed by atoms with van der Waals surface area (Å²) in [6, 6.07) is 8.68. The topological polar surface area (TPSA) is 90.5 Å². The monoisotopic (exact) mass is 328 g/mol. The van der Waals surface area contributed by atoms with Crippen LogP contribution in [0.3, 0.4) is 0 Å². The molecular weight excluding hydrogens is 308 g/mol. The molecule has 0 aliphatic carbocycles. The fraction of sp³-hybridized carbons (Fsp3) is 0.353. The minimum atomic E-state index is -0.347. The summed E-state index contributed by atoms with van der Waals surface area (Å²) in [5.74, 6) is 0.125. The molecule has 1 amide bonds. The van der Waals surface area contributed by atoms with E-state index in [1.54, 1.807) is 36.2 Å². The van der Waals surface area contributed by atoms with Crippen LogP contribution in [0.2, 0.25) is 0 Å². The molecule has 0 aromatic carbocycles. The first-order valence-corrected chi connectivity index (χ1v) is 7.77. The first-order valence-electron chi connectivity index (χ1n) is 7.77. The molecule has 2 aromatic rings. The number of aryl methyl sites for hydroxylation is 1. The van der Waals surface area contributed by atoms with E-state index >= 15 is 0 Å². The summed E-state index contributed by atoms with van der Waals surface area (Å²) in [7, 11) is 1.66. The molecule has 1 aliphatic heterocycles. The Balaban J connectivity index is 1.83. The maximum atomic E-state index is 12.7. The first-order chi connectivity index (χ1) is 11.5. The zero-order chi connectivity index (χ0) is 17.3. The van der Waals surface area contributed by atoms with E-state index in [1.165, 1.54) is 4.57 Å². The van der Waals surface area contributed by atoms with Crippen LogP contribution in [0.5, 0.6) is 0 Å². The van der Waals surface area contributed by atoms with Gasteiger partial charge in [0, 0.05) is 19.3 Å². The highest BCUT2D eigenvalue weighted by molar-refractivity contribution is 5.94. The van der Waals surface area contributed by atoms with Crippen molar-refractivity contribution in [1.29, 1.82) is 0 Å². The molecular formula is C17H20N4O3. The number of morpholine rings is 1. The lowest BCUT2D eigenvalue weighted by molar-refractivity contribution is -0.0247. The van der Waals surface area contributed by atoms with Gasteiger partial charge in [-0.05, 0) is 31.2 Å². The van der Waals surface area contributed by atoms with Gasteiger partial charge in [0.05, 0.1) is 18.8 Å². The maximum absolute atomic E-state index is 12.7. The van der Waals surface area contributed by atoms with Gasteiger partial charge in [0.2, 0.25) is 0 Å². The average Bonchev–Trinajstić information content (AvgIpc) is 2.59. The maximum Gasteiger partial charge on any atom is 0.263 e. The molecule has 1 aliphatic rings. The number of carbonyl (C=O) groups excluding carboxylic acids is 1. The van der Waals surface area contributed by atoms with Crippen LogP contribution in [-0.2, 0) is 11.8 Å². The van der Waals surface area contributed by atoms with Crippen LogP contribution in [0.4, 0.5) is 5.82 Å². The number of anilines is 1. The van der Waals surface area contributed by atoms with E-state index in [0.29, 0.717) is 31.2 Å². The second-order valence-electron chi connectivity index (χ2n) is 5.85. The number of hydrogen-bond donors (Lipinski definition) is 1. The van der Waals surface area contributed by atoms with Crippen molar-refractivity contribution in [1.82, 2.24) is 14.5 Å². The van der Waals surface area contributed by atoms with Gasteiger partial charge < -0.3 is 19.9 Å². The van der Waals surface area contributed by atoms with Crippen LogP contribution in [0.25, 0.3) is 0 Å². The van der Waals surface area contributed by atoms with Crippen molar-refractivity contribution >= 4 is 11.7 Å². The summed E-state index contributed by atoms with van der Waals surface area (Å²) in [5, 5.41) is 0. The molecule has 0 bridgehead atoms. The predicted octanol–water partition coefficient (Wildman–Crippen LogP) is 0.885. The predicted molar refractivity (Wildman–Crippen MR) is 89.7 cm³/mol. The minimum Gasteiger partial charge on any atom is -0.384 e. The third-order valence-corrected chi connectivity index (χ3v) is 4.26. The number of nitrogens with zero attached hydrogens (tertiary/aromatic N) is 3. The van der Waals surface area contributed by atoms with Crippen molar-refractivity contribution in [3.8, 4) is 0 Å². The molecule has 2 aromatic heterocycles. The molecule has 0 saturated carbocycles. The van der Waals surface area contributed by atoms with Crippen LogP contribution in [0.1, 0.15) is 27.8 Å². The SMILES string of the molecule is Cc1ccc(C(=O)N2CCOC(c3cccc(N)n3)C2)c(=O)n1C. The Hall–Kier alpha value is -2.67. The molecule has 0 radical (unpaired) electrons. The highest BCUT2D eigenvalue weighted by Gasteiger charge is 2.28. The lowest BCUT2D eigenvalue weighted by atomic mass is 10.1. The van der Waals surface area contributed by atoms with Crippen molar-refractivity contribution in [2.45, 2.75) is 13.0 Å². The molecule has 1 fully saturated rings. The normalized spacial score (nSPS) is 17.8. The van der Waals surface area contributed by atoms with Gasteiger partial charge in [-0.3, -0.25) is 9.59 Å². The molecule has 7 heteroatoms. The van der Waals surface area contributed by atoms with Crippen molar-refractivity contribution in [2.75, 3.05) is 25.4 Å². The number of ether oxygens (including phenoxy) is 1. The van der Waals surface area contributed by atoms with E-state index in [4.69, 9.17) is 10.5 Å². The minimum absolute atomic E-state index is 0.171. The Labute approximate surface area is 139 Å². The zero-order valence-electron chi connectivity index (χ0n) is 13.7. The number of nitrogen functional groups attached to an aromatic ring is 1. The van der Waals surface area contributed by atoms with Crippen LogP contribution >= 0.6 is 0 Å². The Morgan fingerprint density at radius 1 is 1.33 bits per heavy atom. The van der Waals surface area contributed by atoms with Crippen molar-refractivity contribution < 1.29 is 9.53 Å². The Morgan fingerprint density at radius 3 is 2.88 bits per heavy atom. The molecule has 3 rings (SSSR count). The van der Waals surface area contributed by atoms with Crippen LogP contribution in [0, 0.1) is 6.92 Å².